The van der Waals surface area contributed by atoms with E-state index in [1.165, 1.54) is 38.5 Å². The van der Waals surface area contributed by atoms with Gasteiger partial charge < -0.3 is 0 Å². The molecule has 2 rings (SSSR count). The van der Waals surface area contributed by atoms with Crippen molar-refractivity contribution in [1.82, 2.24) is 0 Å². The van der Waals surface area contributed by atoms with E-state index in [-0.39, 0.29) is 11.8 Å². The number of hydrogen-bond donors (Lipinski definition) is 0. The molecule has 0 heterocycles. The molecule has 2 fully saturated rings. The topological polar surface area (TPSA) is 34.1 Å². The molecule has 0 aromatic heterocycles. The second-order valence-electron chi connectivity index (χ2n) is 7.54. The predicted molar refractivity (Wildman–Crippen MR) is 90.7 cm³/mol. The van der Waals surface area contributed by atoms with Gasteiger partial charge in [0.15, 0.2) is 0 Å². The normalized spacial score (nSPS) is 32.1. The van der Waals surface area contributed by atoms with Gasteiger partial charge in [-0.1, -0.05) is 52.4 Å². The lowest BCUT2D eigenvalue weighted by Gasteiger charge is -2.29. The second-order valence-corrected chi connectivity index (χ2v) is 7.54. The average molecular weight is 306 g/mol. The summed E-state index contributed by atoms with van der Waals surface area (Å²) in [5, 5.41) is 0. The van der Waals surface area contributed by atoms with Crippen molar-refractivity contribution in [3.05, 3.63) is 0 Å². The molecule has 4 unspecified atom stereocenters. The van der Waals surface area contributed by atoms with Crippen LogP contribution in [0.2, 0.25) is 0 Å². The van der Waals surface area contributed by atoms with Crippen molar-refractivity contribution in [2.75, 3.05) is 0 Å². The van der Waals surface area contributed by atoms with Gasteiger partial charge in [-0.15, -0.1) is 0 Å². The maximum Gasteiger partial charge on any atom is 0.136 e. The number of unbranched alkanes of at least 4 members (excludes halogenated alkanes) is 4. The first-order valence-electron chi connectivity index (χ1n) is 9.74. The molecular weight excluding hydrogens is 272 g/mol. The zero-order valence-electron chi connectivity index (χ0n) is 14.6. The molecule has 22 heavy (non-hydrogen) atoms. The first-order valence-corrected chi connectivity index (χ1v) is 9.74. The Balaban J connectivity index is 1.97. The van der Waals surface area contributed by atoms with Crippen molar-refractivity contribution in [2.45, 2.75) is 90.9 Å². The van der Waals surface area contributed by atoms with E-state index in [4.69, 9.17) is 0 Å². The largest absolute Gasteiger partial charge is 0.299 e. The number of carbonyl (C=O) groups is 2. The molecule has 0 aliphatic heterocycles. The van der Waals surface area contributed by atoms with Gasteiger partial charge in [-0.25, -0.2) is 0 Å². The van der Waals surface area contributed by atoms with Crippen molar-refractivity contribution in [3.63, 3.8) is 0 Å². The first kappa shape index (κ1) is 17.7. The quantitative estimate of drug-likeness (QED) is 0.539. The van der Waals surface area contributed by atoms with Crippen LogP contribution in [0.3, 0.4) is 0 Å². The fraction of sp³-hybridized carbons (Fsp3) is 0.900. The zero-order valence-corrected chi connectivity index (χ0v) is 14.6. The molecule has 4 atom stereocenters. The summed E-state index contributed by atoms with van der Waals surface area (Å²) < 4.78 is 0. The first-order chi connectivity index (χ1) is 10.7. The van der Waals surface area contributed by atoms with Crippen LogP contribution < -0.4 is 0 Å². The van der Waals surface area contributed by atoms with Crippen LogP contribution in [0.4, 0.5) is 0 Å². The third-order valence-corrected chi connectivity index (χ3v) is 6.10. The molecule has 0 saturated heterocycles. The maximum atomic E-state index is 12.3. The van der Waals surface area contributed by atoms with Crippen LogP contribution in [0.25, 0.3) is 0 Å². The van der Waals surface area contributed by atoms with E-state index in [1.807, 2.05) is 0 Å². The Kier molecular flexibility index (Phi) is 7.11. The Morgan fingerprint density at radius 1 is 0.727 bits per heavy atom. The fourth-order valence-electron chi connectivity index (χ4n) is 4.87. The monoisotopic (exact) mass is 306 g/mol. The minimum atomic E-state index is 0.274. The molecule has 2 nitrogen and oxygen atoms in total. The van der Waals surface area contributed by atoms with Gasteiger partial charge in [0.05, 0.1) is 0 Å². The van der Waals surface area contributed by atoms with Gasteiger partial charge >= 0.3 is 0 Å². The summed E-state index contributed by atoms with van der Waals surface area (Å²) in [6.45, 7) is 4.43. The molecule has 0 bridgehead atoms. The fourth-order valence-corrected chi connectivity index (χ4v) is 4.87. The number of Topliss-reactive ketones (excluding diaryl/α,β-unsaturated/α-hetero) is 2. The van der Waals surface area contributed by atoms with E-state index in [0.29, 0.717) is 23.4 Å². The highest BCUT2D eigenvalue weighted by atomic mass is 16.1. The predicted octanol–water partition coefficient (Wildman–Crippen LogP) is 5.34. The summed E-state index contributed by atoms with van der Waals surface area (Å²) in [6.07, 6.45) is 13.1. The van der Waals surface area contributed by atoms with Crippen molar-refractivity contribution < 1.29 is 9.59 Å². The van der Waals surface area contributed by atoms with E-state index < -0.39 is 0 Å². The Morgan fingerprint density at radius 3 is 1.50 bits per heavy atom. The van der Waals surface area contributed by atoms with Crippen LogP contribution >= 0.6 is 0 Å². The lowest BCUT2D eigenvalue weighted by molar-refractivity contribution is -0.124. The molecule has 0 aromatic carbocycles. The SMILES string of the molecule is CCCCCC1C(=O)CCC1C1CCC(=O)C1CCCCC. The summed E-state index contributed by atoms with van der Waals surface area (Å²) in [5.74, 6) is 2.57. The van der Waals surface area contributed by atoms with Crippen molar-refractivity contribution in [2.24, 2.45) is 23.7 Å². The molecule has 0 N–H and O–H groups in total. The van der Waals surface area contributed by atoms with E-state index >= 15 is 0 Å². The van der Waals surface area contributed by atoms with Gasteiger partial charge in [-0.05, 0) is 37.5 Å². The van der Waals surface area contributed by atoms with Gasteiger partial charge in [0, 0.05) is 24.7 Å². The highest BCUT2D eigenvalue weighted by Gasteiger charge is 2.45. The van der Waals surface area contributed by atoms with Crippen molar-refractivity contribution in [1.29, 1.82) is 0 Å². The van der Waals surface area contributed by atoms with E-state index in [9.17, 15) is 9.59 Å². The van der Waals surface area contributed by atoms with Gasteiger partial charge in [-0.3, -0.25) is 9.59 Å². The van der Waals surface area contributed by atoms with Gasteiger partial charge in [0.25, 0.3) is 0 Å². The molecule has 2 saturated carbocycles. The smallest absolute Gasteiger partial charge is 0.136 e. The third-order valence-electron chi connectivity index (χ3n) is 6.10. The van der Waals surface area contributed by atoms with Crippen molar-refractivity contribution in [3.8, 4) is 0 Å². The van der Waals surface area contributed by atoms with Crippen molar-refractivity contribution >= 4 is 11.6 Å². The standard InChI is InChI=1S/C20H34O2/c1-3-5-7-9-17-15(11-13-19(17)21)16-12-14-20(22)18(16)10-8-6-4-2/h15-18H,3-14H2,1-2H3. The van der Waals surface area contributed by atoms with Crippen LogP contribution in [-0.4, -0.2) is 11.6 Å². The minimum Gasteiger partial charge on any atom is -0.299 e. The molecule has 2 aliphatic carbocycles. The number of ketones is 2. The molecule has 0 amide bonds. The van der Waals surface area contributed by atoms with Gasteiger partial charge in [0.2, 0.25) is 0 Å². The van der Waals surface area contributed by atoms with Gasteiger partial charge in [-0.2, -0.15) is 0 Å². The molecule has 0 radical (unpaired) electrons. The van der Waals surface area contributed by atoms with E-state index in [2.05, 4.69) is 13.8 Å². The molecule has 2 heteroatoms. The third kappa shape index (κ3) is 4.20. The molecular formula is C20H34O2. The Labute approximate surface area is 136 Å². The van der Waals surface area contributed by atoms with Crippen LogP contribution in [0.5, 0.6) is 0 Å². The second kappa shape index (κ2) is 8.84. The van der Waals surface area contributed by atoms with Crippen LogP contribution in [0.1, 0.15) is 90.9 Å². The summed E-state index contributed by atoms with van der Waals surface area (Å²) in [6, 6.07) is 0. The summed E-state index contributed by atoms with van der Waals surface area (Å²) in [4.78, 5) is 24.6. The Morgan fingerprint density at radius 2 is 1.14 bits per heavy atom. The number of rotatable bonds is 9. The van der Waals surface area contributed by atoms with Crippen LogP contribution in [0, 0.1) is 23.7 Å². The van der Waals surface area contributed by atoms with Crippen LogP contribution in [0.15, 0.2) is 0 Å². The summed E-state index contributed by atoms with van der Waals surface area (Å²) in [5.41, 5.74) is 0. The van der Waals surface area contributed by atoms with E-state index in [0.717, 1.165) is 38.5 Å². The summed E-state index contributed by atoms with van der Waals surface area (Å²) in [7, 11) is 0. The highest BCUT2D eigenvalue weighted by molar-refractivity contribution is 5.85. The minimum absolute atomic E-state index is 0.274. The summed E-state index contributed by atoms with van der Waals surface area (Å²) >= 11 is 0. The van der Waals surface area contributed by atoms with Crippen LogP contribution in [-0.2, 0) is 9.59 Å². The molecule has 0 aromatic rings. The Bertz CT molecular complexity index is 338. The molecule has 126 valence electrons. The lowest BCUT2D eigenvalue weighted by Crippen LogP contribution is -2.27. The molecule has 2 aliphatic rings. The van der Waals surface area contributed by atoms with Gasteiger partial charge in [0.1, 0.15) is 11.6 Å². The lowest BCUT2D eigenvalue weighted by atomic mass is 9.74. The molecule has 0 spiro atoms. The maximum absolute atomic E-state index is 12.3. The average Bonchev–Trinajstić information content (AvgIpc) is 3.04. The zero-order chi connectivity index (χ0) is 15.9. The van der Waals surface area contributed by atoms with E-state index in [1.54, 1.807) is 0 Å². The number of hydrogen-bond acceptors (Lipinski definition) is 2. The Hall–Kier alpha value is -0.660. The number of carbonyl (C=O) groups excluding carboxylic acids is 2. The highest BCUT2D eigenvalue weighted by Crippen LogP contribution is 2.47.